The van der Waals surface area contributed by atoms with Gasteiger partial charge in [-0.2, -0.15) is 0 Å². The summed E-state index contributed by atoms with van der Waals surface area (Å²) in [7, 11) is 0. The molecule has 2 nitrogen and oxygen atoms in total. The Balaban J connectivity index is 2.23. The Morgan fingerprint density at radius 2 is 2.10 bits per heavy atom. The number of likely N-dealkylation sites (N-methyl/N-ethyl adjacent to an activating group) is 1. The molecule has 0 spiro atoms. The fraction of sp³-hybridized carbons (Fsp3) is 0.312. The van der Waals surface area contributed by atoms with E-state index in [9.17, 15) is 0 Å². The third-order valence-electron chi connectivity index (χ3n) is 3.12. The minimum absolute atomic E-state index is 0.228. The van der Waals surface area contributed by atoms with Gasteiger partial charge in [-0.05, 0) is 64.8 Å². The van der Waals surface area contributed by atoms with Crippen LogP contribution in [0.2, 0.25) is 5.02 Å². The number of rotatable bonds is 5. The van der Waals surface area contributed by atoms with Crippen molar-refractivity contribution in [1.29, 1.82) is 0 Å². The number of halogens is 2. The molecule has 0 saturated carbocycles. The molecule has 106 valence electrons. The van der Waals surface area contributed by atoms with E-state index in [4.69, 9.17) is 11.6 Å². The quantitative estimate of drug-likeness (QED) is 0.843. The molecule has 1 N–H and O–H groups in total. The van der Waals surface area contributed by atoms with Crippen LogP contribution in [0.15, 0.2) is 41.0 Å². The lowest BCUT2D eigenvalue weighted by atomic mass is 10.00. The maximum absolute atomic E-state index is 6.17. The lowest BCUT2D eigenvalue weighted by Gasteiger charge is -2.19. The highest BCUT2D eigenvalue weighted by Gasteiger charge is 2.13. The topological polar surface area (TPSA) is 24.9 Å². The van der Waals surface area contributed by atoms with Crippen molar-refractivity contribution in [3.05, 3.63) is 62.8 Å². The Hall–Kier alpha value is -0.900. The van der Waals surface area contributed by atoms with Crippen molar-refractivity contribution in [2.45, 2.75) is 26.3 Å². The van der Waals surface area contributed by atoms with Crippen molar-refractivity contribution in [2.75, 3.05) is 6.54 Å². The minimum atomic E-state index is 0.228. The van der Waals surface area contributed by atoms with Crippen LogP contribution in [-0.4, -0.2) is 11.5 Å². The van der Waals surface area contributed by atoms with Gasteiger partial charge in [-0.25, -0.2) is 0 Å². The van der Waals surface area contributed by atoms with Gasteiger partial charge >= 0.3 is 0 Å². The van der Waals surface area contributed by atoms with Crippen LogP contribution in [0.25, 0.3) is 0 Å². The lowest BCUT2D eigenvalue weighted by Crippen LogP contribution is -2.23. The molecule has 4 heteroatoms. The van der Waals surface area contributed by atoms with Crippen molar-refractivity contribution >= 4 is 27.5 Å². The summed E-state index contributed by atoms with van der Waals surface area (Å²) in [6.45, 7) is 5.09. The van der Waals surface area contributed by atoms with Crippen LogP contribution < -0.4 is 5.32 Å². The van der Waals surface area contributed by atoms with Crippen molar-refractivity contribution in [2.24, 2.45) is 0 Å². The zero-order chi connectivity index (χ0) is 14.5. The highest BCUT2D eigenvalue weighted by Crippen LogP contribution is 2.23. The number of hydrogen-bond acceptors (Lipinski definition) is 2. The Labute approximate surface area is 133 Å². The summed E-state index contributed by atoms with van der Waals surface area (Å²) in [5, 5.41) is 4.29. The van der Waals surface area contributed by atoms with Gasteiger partial charge in [0.05, 0.1) is 0 Å². The maximum atomic E-state index is 6.17. The Morgan fingerprint density at radius 1 is 1.30 bits per heavy atom. The fourth-order valence-electron chi connectivity index (χ4n) is 2.26. The third-order valence-corrected chi connectivity index (χ3v) is 3.81. The normalized spacial score (nSPS) is 12.4. The molecule has 0 radical (unpaired) electrons. The van der Waals surface area contributed by atoms with E-state index in [0.717, 1.165) is 28.2 Å². The summed E-state index contributed by atoms with van der Waals surface area (Å²) in [5.74, 6) is 0. The molecule has 1 atom stereocenters. The molecule has 0 aliphatic heterocycles. The van der Waals surface area contributed by atoms with Crippen molar-refractivity contribution in [3.8, 4) is 0 Å². The molecule has 2 aromatic rings. The van der Waals surface area contributed by atoms with Gasteiger partial charge in [0, 0.05) is 33.8 Å². The van der Waals surface area contributed by atoms with Gasteiger partial charge in [-0.15, -0.1) is 0 Å². The maximum Gasteiger partial charge on any atom is 0.0423 e. The van der Waals surface area contributed by atoms with E-state index in [2.05, 4.69) is 46.1 Å². The molecule has 1 aromatic carbocycles. The lowest BCUT2D eigenvalue weighted by molar-refractivity contribution is 0.544. The first-order chi connectivity index (χ1) is 9.58. The molecule has 0 fully saturated rings. The summed E-state index contributed by atoms with van der Waals surface area (Å²) in [6, 6.07) is 10.5. The first kappa shape index (κ1) is 15.5. The van der Waals surface area contributed by atoms with Gasteiger partial charge in [0.1, 0.15) is 0 Å². The number of pyridine rings is 1. The molecule has 1 unspecified atom stereocenters. The predicted molar refractivity (Wildman–Crippen MR) is 88.2 cm³/mol. The molecule has 20 heavy (non-hydrogen) atoms. The van der Waals surface area contributed by atoms with E-state index in [1.165, 1.54) is 11.1 Å². The second kappa shape index (κ2) is 7.21. The Morgan fingerprint density at radius 3 is 2.70 bits per heavy atom. The van der Waals surface area contributed by atoms with Crippen LogP contribution in [0.1, 0.15) is 29.8 Å². The Kier molecular flexibility index (Phi) is 5.58. The molecular weight excluding hydrogens is 336 g/mol. The highest BCUT2D eigenvalue weighted by molar-refractivity contribution is 9.10. The number of aromatic nitrogens is 1. The van der Waals surface area contributed by atoms with Crippen molar-refractivity contribution in [3.63, 3.8) is 0 Å². The van der Waals surface area contributed by atoms with Gasteiger partial charge in [-0.1, -0.05) is 24.6 Å². The van der Waals surface area contributed by atoms with E-state index < -0.39 is 0 Å². The molecule has 0 aliphatic rings. The van der Waals surface area contributed by atoms with Gasteiger partial charge in [0.25, 0.3) is 0 Å². The van der Waals surface area contributed by atoms with E-state index in [0.29, 0.717) is 0 Å². The van der Waals surface area contributed by atoms with Crippen LogP contribution in [0.3, 0.4) is 0 Å². The monoisotopic (exact) mass is 352 g/mol. The summed E-state index contributed by atoms with van der Waals surface area (Å²) in [4.78, 5) is 4.45. The molecule has 1 heterocycles. The molecule has 2 rings (SSSR count). The fourth-order valence-corrected chi connectivity index (χ4v) is 2.79. The second-order valence-electron chi connectivity index (χ2n) is 4.84. The standard InChI is InChI=1S/C16H18BrClN2/c1-3-19-16(9-15-5-4-13(17)10-20-15)12-6-11(2)7-14(18)8-12/h4-8,10,16,19H,3,9H2,1-2H3. The van der Waals surface area contributed by atoms with Crippen molar-refractivity contribution < 1.29 is 0 Å². The van der Waals surface area contributed by atoms with E-state index >= 15 is 0 Å². The number of aryl methyl sites for hydroxylation is 1. The average molecular weight is 354 g/mol. The summed E-state index contributed by atoms with van der Waals surface area (Å²) >= 11 is 9.58. The van der Waals surface area contributed by atoms with Gasteiger partial charge in [0.2, 0.25) is 0 Å². The first-order valence-corrected chi connectivity index (χ1v) is 7.86. The van der Waals surface area contributed by atoms with Crippen molar-refractivity contribution in [1.82, 2.24) is 10.3 Å². The predicted octanol–water partition coefficient (Wildman–Crippen LogP) is 4.70. The minimum Gasteiger partial charge on any atom is -0.310 e. The average Bonchev–Trinajstić information content (AvgIpc) is 2.39. The molecular formula is C16H18BrClN2. The first-order valence-electron chi connectivity index (χ1n) is 6.69. The van der Waals surface area contributed by atoms with Gasteiger partial charge in [0.15, 0.2) is 0 Å². The summed E-state index contributed by atoms with van der Waals surface area (Å²) in [6.07, 6.45) is 2.68. The molecule has 1 aromatic heterocycles. The molecule has 0 amide bonds. The third kappa shape index (κ3) is 4.30. The van der Waals surface area contributed by atoms with Gasteiger partial charge < -0.3 is 5.32 Å². The largest absolute Gasteiger partial charge is 0.310 e. The number of benzene rings is 1. The Bertz CT molecular complexity index is 549. The molecule has 0 bridgehead atoms. The highest BCUT2D eigenvalue weighted by atomic mass is 79.9. The molecule has 0 saturated heterocycles. The molecule has 0 aliphatic carbocycles. The van der Waals surface area contributed by atoms with Gasteiger partial charge in [-0.3, -0.25) is 4.98 Å². The summed E-state index contributed by atoms with van der Waals surface area (Å²) < 4.78 is 1.000. The van der Waals surface area contributed by atoms with Crippen LogP contribution in [0.4, 0.5) is 0 Å². The zero-order valence-corrected chi connectivity index (χ0v) is 14.0. The second-order valence-corrected chi connectivity index (χ2v) is 6.20. The SMILES string of the molecule is CCNC(Cc1ccc(Br)cn1)c1cc(C)cc(Cl)c1. The zero-order valence-electron chi connectivity index (χ0n) is 11.7. The number of nitrogens with one attached hydrogen (secondary N) is 1. The number of nitrogens with zero attached hydrogens (tertiary/aromatic N) is 1. The smallest absolute Gasteiger partial charge is 0.0423 e. The van der Waals surface area contributed by atoms with Crippen LogP contribution >= 0.6 is 27.5 Å². The number of hydrogen-bond donors (Lipinski definition) is 1. The van der Waals surface area contributed by atoms with E-state index in [1.807, 2.05) is 30.5 Å². The summed E-state index contributed by atoms with van der Waals surface area (Å²) in [5.41, 5.74) is 3.46. The van der Waals surface area contributed by atoms with E-state index in [1.54, 1.807) is 0 Å². The van der Waals surface area contributed by atoms with Crippen LogP contribution in [0, 0.1) is 6.92 Å². The van der Waals surface area contributed by atoms with Crippen LogP contribution in [-0.2, 0) is 6.42 Å². The van der Waals surface area contributed by atoms with E-state index in [-0.39, 0.29) is 6.04 Å². The van der Waals surface area contributed by atoms with Crippen LogP contribution in [0.5, 0.6) is 0 Å².